The third kappa shape index (κ3) is 10.5. The summed E-state index contributed by atoms with van der Waals surface area (Å²) in [5.41, 5.74) is 1.71. The number of unbranched alkanes of at least 4 members (excludes halogenated alkanes) is 1. The second-order valence-electron chi connectivity index (χ2n) is 7.49. The Kier molecular flexibility index (Phi) is 11.4. The molecule has 2 aromatic rings. The molecule has 0 spiro atoms. The number of nitrogens with zero attached hydrogens (tertiary/aromatic N) is 1. The first-order chi connectivity index (χ1) is 15.9. The Morgan fingerprint density at radius 2 is 1.79 bits per heavy atom. The van der Waals surface area contributed by atoms with E-state index < -0.39 is 22.0 Å². The highest BCUT2D eigenvalue weighted by molar-refractivity contribution is 7.89. The van der Waals surface area contributed by atoms with Gasteiger partial charge >= 0.3 is 5.97 Å². The lowest BCUT2D eigenvalue weighted by molar-refractivity contribution is -0.145. The topological polar surface area (TPSA) is 94.6 Å². The number of rotatable bonds is 13. The maximum absolute atomic E-state index is 12.4. The van der Waals surface area contributed by atoms with Crippen LogP contribution in [0, 0.1) is 11.8 Å². The van der Waals surface area contributed by atoms with E-state index >= 15 is 0 Å². The number of benzene rings is 1. The van der Waals surface area contributed by atoms with Crippen LogP contribution in [-0.2, 0) is 26.0 Å². The smallest absolute Gasteiger partial charge is 0.324 e. The Bertz CT molecular complexity index is 1010. The fourth-order valence-electron chi connectivity index (χ4n) is 2.86. The predicted octanol–water partition coefficient (Wildman–Crippen LogP) is 3.49. The summed E-state index contributed by atoms with van der Waals surface area (Å²) in [6.45, 7) is 4.50. The third-order valence-electron chi connectivity index (χ3n) is 4.59. The van der Waals surface area contributed by atoms with Crippen molar-refractivity contribution in [1.82, 2.24) is 9.71 Å². The molecule has 0 saturated carbocycles. The van der Waals surface area contributed by atoms with E-state index in [4.69, 9.17) is 9.47 Å². The van der Waals surface area contributed by atoms with E-state index in [-0.39, 0.29) is 18.8 Å². The van der Waals surface area contributed by atoms with Gasteiger partial charge in [-0.3, -0.25) is 9.78 Å². The minimum absolute atomic E-state index is 0.0160. The van der Waals surface area contributed by atoms with Crippen molar-refractivity contribution in [3.63, 3.8) is 0 Å². The van der Waals surface area contributed by atoms with Crippen LogP contribution >= 0.6 is 0 Å². The van der Waals surface area contributed by atoms with Gasteiger partial charge in [0.15, 0.2) is 0 Å². The molecule has 0 radical (unpaired) electrons. The molecule has 8 heteroatoms. The second kappa shape index (κ2) is 14.3. The van der Waals surface area contributed by atoms with Crippen LogP contribution in [0.3, 0.4) is 0 Å². The van der Waals surface area contributed by atoms with Crippen LogP contribution in [0.1, 0.15) is 50.7 Å². The van der Waals surface area contributed by atoms with Gasteiger partial charge in [0.1, 0.15) is 11.8 Å². The molecular weight excluding hydrogens is 440 g/mol. The zero-order valence-electron chi connectivity index (χ0n) is 19.2. The molecule has 33 heavy (non-hydrogen) atoms. The van der Waals surface area contributed by atoms with Gasteiger partial charge in [0.2, 0.25) is 10.0 Å². The van der Waals surface area contributed by atoms with Crippen molar-refractivity contribution in [2.75, 3.05) is 19.0 Å². The number of carbonyl (C=O) groups is 1. The fourth-order valence-corrected chi connectivity index (χ4v) is 4.26. The lowest BCUT2D eigenvalue weighted by Crippen LogP contribution is -2.44. The van der Waals surface area contributed by atoms with Crippen LogP contribution in [0.2, 0.25) is 0 Å². The van der Waals surface area contributed by atoms with Crippen molar-refractivity contribution < 1.29 is 22.7 Å². The summed E-state index contributed by atoms with van der Waals surface area (Å²) in [4.78, 5) is 16.4. The highest BCUT2D eigenvalue weighted by Crippen LogP contribution is 2.15. The van der Waals surface area contributed by atoms with Crippen molar-refractivity contribution in [3.8, 4) is 17.6 Å². The SMILES string of the molecule is CCCCS(=O)(=O)N[C@@H](Cc1ccc(OCCC#Cc2ccncc2)cc1)C(=O)OCCC. The molecule has 1 N–H and O–H groups in total. The van der Waals surface area contributed by atoms with Crippen molar-refractivity contribution >= 4 is 16.0 Å². The zero-order chi connectivity index (χ0) is 23.9. The molecule has 178 valence electrons. The number of aromatic nitrogens is 1. The summed E-state index contributed by atoms with van der Waals surface area (Å²) in [5.74, 6) is 6.20. The first-order valence-electron chi connectivity index (χ1n) is 11.2. The number of sulfonamides is 1. The maximum atomic E-state index is 12.4. The fraction of sp³-hybridized carbons (Fsp3) is 0.440. The quantitative estimate of drug-likeness (QED) is 0.272. The van der Waals surface area contributed by atoms with E-state index in [2.05, 4.69) is 21.5 Å². The molecule has 2 rings (SSSR count). The second-order valence-corrected chi connectivity index (χ2v) is 9.37. The van der Waals surface area contributed by atoms with Crippen LogP contribution in [0.15, 0.2) is 48.8 Å². The summed E-state index contributed by atoms with van der Waals surface area (Å²) in [7, 11) is -3.57. The Hall–Kier alpha value is -2.89. The van der Waals surface area contributed by atoms with E-state index in [0.29, 0.717) is 31.6 Å². The number of nitrogens with one attached hydrogen (secondary N) is 1. The van der Waals surface area contributed by atoms with Crippen molar-refractivity contribution in [2.24, 2.45) is 0 Å². The first-order valence-corrected chi connectivity index (χ1v) is 12.9. The minimum atomic E-state index is -3.57. The van der Waals surface area contributed by atoms with Crippen molar-refractivity contribution in [1.29, 1.82) is 0 Å². The number of hydrogen-bond acceptors (Lipinski definition) is 6. The predicted molar refractivity (Wildman–Crippen MR) is 128 cm³/mol. The van der Waals surface area contributed by atoms with E-state index in [0.717, 1.165) is 17.5 Å². The molecular formula is C25H32N2O5S. The molecule has 0 aliphatic carbocycles. The van der Waals surface area contributed by atoms with Gasteiger partial charge in [-0.15, -0.1) is 0 Å². The molecule has 0 amide bonds. The number of carbonyl (C=O) groups excluding carboxylic acids is 1. The van der Waals surface area contributed by atoms with Crippen LogP contribution in [-0.4, -0.2) is 44.4 Å². The average molecular weight is 473 g/mol. The Morgan fingerprint density at radius 1 is 1.06 bits per heavy atom. The number of esters is 1. The molecule has 0 unspecified atom stereocenters. The average Bonchev–Trinajstić information content (AvgIpc) is 2.82. The monoisotopic (exact) mass is 472 g/mol. The summed E-state index contributed by atoms with van der Waals surface area (Å²) < 4.78 is 38.1. The van der Waals surface area contributed by atoms with Crippen molar-refractivity contribution in [3.05, 3.63) is 59.9 Å². The van der Waals surface area contributed by atoms with Gasteiger partial charge in [-0.1, -0.05) is 44.2 Å². The number of pyridine rings is 1. The third-order valence-corrected chi connectivity index (χ3v) is 6.06. The molecule has 1 heterocycles. The molecule has 1 aromatic heterocycles. The largest absolute Gasteiger partial charge is 0.493 e. The van der Waals surface area contributed by atoms with Gasteiger partial charge in [-0.05, 0) is 49.1 Å². The van der Waals surface area contributed by atoms with Crippen LogP contribution in [0.5, 0.6) is 5.75 Å². The van der Waals surface area contributed by atoms with E-state index in [9.17, 15) is 13.2 Å². The maximum Gasteiger partial charge on any atom is 0.324 e. The number of ether oxygens (including phenoxy) is 2. The molecule has 0 aliphatic rings. The van der Waals surface area contributed by atoms with Crippen LogP contribution in [0.25, 0.3) is 0 Å². The van der Waals surface area contributed by atoms with E-state index in [1.807, 2.05) is 38.1 Å². The van der Waals surface area contributed by atoms with Gasteiger partial charge in [-0.2, -0.15) is 0 Å². The lowest BCUT2D eigenvalue weighted by Gasteiger charge is -2.18. The molecule has 7 nitrogen and oxygen atoms in total. The molecule has 0 bridgehead atoms. The van der Waals surface area contributed by atoms with Crippen molar-refractivity contribution in [2.45, 2.75) is 52.0 Å². The van der Waals surface area contributed by atoms with Crippen LogP contribution in [0.4, 0.5) is 0 Å². The van der Waals surface area contributed by atoms with Gasteiger partial charge in [-0.25, -0.2) is 13.1 Å². The van der Waals surface area contributed by atoms with Crippen LogP contribution < -0.4 is 9.46 Å². The minimum Gasteiger partial charge on any atom is -0.493 e. The van der Waals surface area contributed by atoms with E-state index in [1.54, 1.807) is 24.5 Å². The van der Waals surface area contributed by atoms with Gasteiger partial charge in [0.25, 0.3) is 0 Å². The number of hydrogen-bond donors (Lipinski definition) is 1. The summed E-state index contributed by atoms with van der Waals surface area (Å²) >= 11 is 0. The highest BCUT2D eigenvalue weighted by Gasteiger charge is 2.25. The summed E-state index contributed by atoms with van der Waals surface area (Å²) in [6.07, 6.45) is 6.13. The standard InChI is InChI=1S/C25H32N2O5S/c1-3-5-19-33(29,30)27-24(25(28)32-17-4-2)20-22-9-11-23(12-10-22)31-18-7-6-8-21-13-15-26-16-14-21/h9-16,24,27H,3-5,7,17-20H2,1-2H3/t24-/m0/s1. The van der Waals surface area contributed by atoms with Gasteiger partial charge in [0, 0.05) is 24.4 Å². The molecule has 1 aromatic carbocycles. The Balaban J connectivity index is 1.92. The molecule has 0 fully saturated rings. The Morgan fingerprint density at radius 3 is 2.45 bits per heavy atom. The first kappa shape index (κ1) is 26.4. The van der Waals surface area contributed by atoms with Gasteiger partial charge < -0.3 is 9.47 Å². The molecule has 0 aliphatic heterocycles. The van der Waals surface area contributed by atoms with Gasteiger partial charge in [0.05, 0.1) is 19.0 Å². The molecule has 0 saturated heterocycles. The summed E-state index contributed by atoms with van der Waals surface area (Å²) in [5, 5.41) is 0. The lowest BCUT2D eigenvalue weighted by atomic mass is 10.1. The zero-order valence-corrected chi connectivity index (χ0v) is 20.1. The van der Waals surface area contributed by atoms with E-state index in [1.165, 1.54) is 0 Å². The molecule has 1 atom stereocenters. The Labute approximate surface area is 197 Å². The highest BCUT2D eigenvalue weighted by atomic mass is 32.2. The summed E-state index contributed by atoms with van der Waals surface area (Å²) in [6, 6.07) is 9.96. The normalized spacial score (nSPS) is 11.8.